The molecule has 330 valence electrons. The fraction of sp³-hybridized carbons (Fsp3) is 0.778. The van der Waals surface area contributed by atoms with Crippen LogP contribution >= 0.6 is 0 Å². The van der Waals surface area contributed by atoms with Gasteiger partial charge in [0.1, 0.15) is 17.5 Å². The summed E-state index contributed by atoms with van der Waals surface area (Å²) in [5.74, 6) is -10.4. The number of allylic oxidation sites excluding steroid dienone is 4. The number of carbonyl (C=O) groups is 4. The van der Waals surface area contributed by atoms with E-state index in [1.807, 2.05) is 32.9 Å². The van der Waals surface area contributed by atoms with Gasteiger partial charge in [0.05, 0.1) is 42.5 Å². The van der Waals surface area contributed by atoms with E-state index >= 15 is 0 Å². The minimum absolute atomic E-state index is 0.0827. The molecule has 13 heteroatoms. The van der Waals surface area contributed by atoms with Crippen LogP contribution < -0.4 is 0 Å². The summed E-state index contributed by atoms with van der Waals surface area (Å²) in [4.78, 5) is 54.6. The van der Waals surface area contributed by atoms with Crippen molar-refractivity contribution in [3.8, 4) is 0 Å². The van der Waals surface area contributed by atoms with Gasteiger partial charge in [0.2, 0.25) is 5.79 Å². The van der Waals surface area contributed by atoms with Crippen molar-refractivity contribution < 1.29 is 64.0 Å². The summed E-state index contributed by atoms with van der Waals surface area (Å²) in [6.45, 7) is 15.8. The molecule has 2 bridgehead atoms. The Morgan fingerprint density at radius 2 is 1.52 bits per heavy atom. The molecule has 13 nitrogen and oxygen atoms in total. The third kappa shape index (κ3) is 11.4. The highest BCUT2D eigenvalue weighted by molar-refractivity contribution is 5.91. The van der Waals surface area contributed by atoms with Gasteiger partial charge in [0.25, 0.3) is 0 Å². The summed E-state index contributed by atoms with van der Waals surface area (Å²) in [6.07, 6.45) is 5.39. The monoisotopic (exact) mass is 820 g/mol. The van der Waals surface area contributed by atoms with Gasteiger partial charge in [0.15, 0.2) is 11.6 Å². The number of hydrogen-bond donors (Lipinski definition) is 6. The first-order chi connectivity index (χ1) is 27.0. The molecule has 1 spiro atoms. The Morgan fingerprint density at radius 1 is 0.879 bits per heavy atom. The van der Waals surface area contributed by atoms with Gasteiger partial charge in [-0.2, -0.15) is 0 Å². The molecule has 3 aliphatic rings. The zero-order valence-corrected chi connectivity index (χ0v) is 36.2. The molecule has 18 atom stereocenters. The van der Waals surface area contributed by atoms with E-state index in [2.05, 4.69) is 0 Å². The molecule has 3 aliphatic heterocycles. The minimum atomic E-state index is -2.37. The van der Waals surface area contributed by atoms with Crippen molar-refractivity contribution in [1.82, 2.24) is 0 Å². The maximum Gasteiger partial charge on any atom is 0.330 e. The first-order valence-electron chi connectivity index (χ1n) is 21.3. The average molecular weight is 821 g/mol. The number of ketones is 3. The molecule has 0 amide bonds. The molecule has 58 heavy (non-hydrogen) atoms. The fourth-order valence-corrected chi connectivity index (χ4v) is 8.95. The van der Waals surface area contributed by atoms with Gasteiger partial charge in [-0.25, -0.2) is 4.79 Å². The van der Waals surface area contributed by atoms with Crippen LogP contribution in [0.1, 0.15) is 108 Å². The third-order valence-corrected chi connectivity index (χ3v) is 13.3. The van der Waals surface area contributed by atoms with E-state index in [1.54, 1.807) is 32.9 Å². The molecule has 0 aromatic heterocycles. The molecule has 0 aliphatic carbocycles. The van der Waals surface area contributed by atoms with Gasteiger partial charge in [0, 0.05) is 54.6 Å². The predicted octanol–water partition coefficient (Wildman–Crippen LogP) is 4.03. The molecule has 2 saturated heterocycles. The van der Waals surface area contributed by atoms with Crippen LogP contribution in [0.3, 0.4) is 0 Å². The largest absolute Gasteiger partial charge is 0.458 e. The smallest absolute Gasteiger partial charge is 0.330 e. The number of aliphatic hydroxyl groups excluding tert-OH is 5. The van der Waals surface area contributed by atoms with Crippen LogP contribution in [0.5, 0.6) is 0 Å². The number of rotatable bonds is 4. The van der Waals surface area contributed by atoms with E-state index in [0.717, 1.165) is 13.3 Å². The molecule has 0 aromatic rings. The summed E-state index contributed by atoms with van der Waals surface area (Å²) in [5, 5.41) is 65.2. The highest BCUT2D eigenvalue weighted by Crippen LogP contribution is 2.47. The fourth-order valence-electron chi connectivity index (χ4n) is 8.95. The van der Waals surface area contributed by atoms with Crippen LogP contribution in [0.2, 0.25) is 0 Å². The topological polar surface area (TPSA) is 217 Å². The van der Waals surface area contributed by atoms with E-state index in [1.165, 1.54) is 32.9 Å². The molecular weight excluding hydrogens is 748 g/mol. The van der Waals surface area contributed by atoms with Crippen LogP contribution in [-0.4, -0.2) is 115 Å². The Balaban J connectivity index is 2.04. The van der Waals surface area contributed by atoms with Crippen LogP contribution in [0, 0.1) is 53.3 Å². The summed E-state index contributed by atoms with van der Waals surface area (Å²) < 4.78 is 19.4. The van der Waals surface area contributed by atoms with E-state index in [9.17, 15) is 49.8 Å². The highest BCUT2D eigenvalue weighted by Gasteiger charge is 2.61. The molecule has 0 radical (unpaired) electrons. The number of esters is 1. The van der Waals surface area contributed by atoms with Crippen molar-refractivity contribution in [3.05, 3.63) is 36.5 Å². The molecule has 2 fully saturated rings. The number of carbonyl (C=O) groups excluding carboxylic acids is 4. The van der Waals surface area contributed by atoms with Crippen LogP contribution in [0.15, 0.2) is 36.5 Å². The average Bonchev–Trinajstić information content (AvgIpc) is 3.18. The van der Waals surface area contributed by atoms with Gasteiger partial charge in [-0.05, 0) is 57.8 Å². The molecular formula is C45H72O13. The number of hydrogen-bond acceptors (Lipinski definition) is 13. The first-order valence-corrected chi connectivity index (χ1v) is 21.3. The Morgan fingerprint density at radius 3 is 2.12 bits per heavy atom. The lowest BCUT2D eigenvalue weighted by Crippen LogP contribution is -2.66. The van der Waals surface area contributed by atoms with Gasteiger partial charge >= 0.3 is 5.97 Å². The molecule has 0 aromatic carbocycles. The molecule has 3 heterocycles. The zero-order valence-electron chi connectivity index (χ0n) is 36.2. The zero-order chi connectivity index (χ0) is 43.9. The lowest BCUT2D eigenvalue weighted by Gasteiger charge is -2.54. The van der Waals surface area contributed by atoms with E-state index < -0.39 is 114 Å². The molecule has 3 rings (SSSR count). The third-order valence-electron chi connectivity index (χ3n) is 13.3. The first kappa shape index (κ1) is 49.7. The van der Waals surface area contributed by atoms with Crippen LogP contribution in [0.4, 0.5) is 0 Å². The van der Waals surface area contributed by atoms with Crippen molar-refractivity contribution >= 4 is 23.3 Å². The minimum Gasteiger partial charge on any atom is -0.458 e. The Bertz CT molecular complexity index is 1490. The second-order valence-electron chi connectivity index (χ2n) is 17.9. The van der Waals surface area contributed by atoms with Crippen LogP contribution in [-0.2, 0) is 33.4 Å². The normalized spacial score (nSPS) is 45.6. The van der Waals surface area contributed by atoms with Gasteiger partial charge < -0.3 is 44.8 Å². The second-order valence-corrected chi connectivity index (χ2v) is 17.9. The Kier molecular flexibility index (Phi) is 18.2. The summed E-state index contributed by atoms with van der Waals surface area (Å²) in [7, 11) is 0. The Hall–Kier alpha value is -2.62. The quantitative estimate of drug-likeness (QED) is 0.221. The standard InChI is InChI=1S/C45H72O13/c1-11-32-15-13-12-14-16-33(23-46)43(54)44(10,55)42(53)30(8)40(52)29(7)39(51)28(6)38(50)24(2)17-20-37(49)56-41-27(5)34(19-18-32)57-45(31(41)9)36(48)21-25(3)35(58-45)22-26(4)47/h12-15,17,20,24-35,38,40-41,43,46-47,50,52,54-55H,11,16,18-19,21-23H2,1-10H3/b14-12+,15-13+,20-17+/t24-,25+,26+,27+,28-,29-,30-,31+,32+,33-,34-,35+,38+,40-,41-,43+,44-,45+/m0/s1. The van der Waals surface area contributed by atoms with Crippen molar-refractivity contribution in [3.63, 3.8) is 0 Å². The Labute approximate surface area is 344 Å². The van der Waals surface area contributed by atoms with Gasteiger partial charge in [-0.15, -0.1) is 0 Å². The number of Topliss-reactive ketones (excluding diaryl/α,β-unsaturated/α-hetero) is 3. The van der Waals surface area contributed by atoms with Gasteiger partial charge in [-0.1, -0.05) is 85.8 Å². The number of fused-ring (bicyclic) bond motifs is 2. The lowest BCUT2D eigenvalue weighted by molar-refractivity contribution is -0.344. The van der Waals surface area contributed by atoms with Crippen LogP contribution in [0.25, 0.3) is 0 Å². The van der Waals surface area contributed by atoms with Crippen molar-refractivity contribution in [2.45, 2.75) is 162 Å². The van der Waals surface area contributed by atoms with E-state index in [4.69, 9.17) is 14.2 Å². The maximum atomic E-state index is 14.0. The van der Waals surface area contributed by atoms with Crippen molar-refractivity contribution in [2.75, 3.05) is 6.61 Å². The number of aliphatic hydroxyl groups is 6. The van der Waals surface area contributed by atoms with E-state index in [-0.39, 0.29) is 36.4 Å². The predicted molar refractivity (Wildman–Crippen MR) is 217 cm³/mol. The van der Waals surface area contributed by atoms with E-state index in [0.29, 0.717) is 19.3 Å². The molecule has 0 saturated carbocycles. The summed E-state index contributed by atoms with van der Waals surface area (Å²) in [5.41, 5.74) is -2.37. The SMILES string of the molecule is CC[C@@H]1/C=C/C=C/C[C@@H](CO)[C@@H](O)[C@@](C)(O)C(=O)[C@@H](C)[C@@H](O)[C@@H](C)C(=O)[C@@H](C)[C@H](O)[C@@H](C)/C=C/C(=O)O[C@H]2[C@H](C)[C@H](CC1)O[C@@]1(O[C@H](C[C@@H](C)O)[C@H](C)CC1=O)[C@@H]2C. The lowest BCUT2D eigenvalue weighted by atomic mass is 9.74. The van der Waals surface area contributed by atoms with Gasteiger partial charge in [-0.3, -0.25) is 14.4 Å². The maximum absolute atomic E-state index is 14.0. The second kappa shape index (κ2) is 21.3. The summed E-state index contributed by atoms with van der Waals surface area (Å²) in [6, 6.07) is 0. The van der Waals surface area contributed by atoms with Crippen molar-refractivity contribution in [1.29, 1.82) is 0 Å². The molecule has 0 unspecified atom stereocenters. The van der Waals surface area contributed by atoms with Crippen molar-refractivity contribution in [2.24, 2.45) is 53.3 Å². The highest BCUT2D eigenvalue weighted by atomic mass is 16.7. The number of ether oxygens (including phenoxy) is 3. The molecule has 6 N–H and O–H groups in total. The summed E-state index contributed by atoms with van der Waals surface area (Å²) >= 11 is 0.